The van der Waals surface area contributed by atoms with Crippen LogP contribution in [0.3, 0.4) is 0 Å². The predicted octanol–water partition coefficient (Wildman–Crippen LogP) is 1.20. The molecule has 0 aliphatic rings. The Morgan fingerprint density at radius 1 is 1.44 bits per heavy atom. The van der Waals surface area contributed by atoms with E-state index in [9.17, 15) is 0 Å². The second-order valence-corrected chi connectivity index (χ2v) is 3.78. The standard InChI is InChI=1S/C11H22N4O/c1-3-4-5-7-15-11(13-10-14-15)9-12-6-8-16-2/h10,12H,3-9H2,1-2H3. The molecule has 92 valence electrons. The van der Waals surface area contributed by atoms with Crippen LogP contribution in [-0.4, -0.2) is 35.0 Å². The van der Waals surface area contributed by atoms with Crippen LogP contribution in [0.25, 0.3) is 0 Å². The highest BCUT2D eigenvalue weighted by molar-refractivity contribution is 4.83. The molecule has 0 bridgehead atoms. The van der Waals surface area contributed by atoms with Crippen molar-refractivity contribution in [1.82, 2.24) is 20.1 Å². The fourth-order valence-corrected chi connectivity index (χ4v) is 1.50. The lowest BCUT2D eigenvalue weighted by Gasteiger charge is -2.06. The lowest BCUT2D eigenvalue weighted by Crippen LogP contribution is -2.21. The minimum absolute atomic E-state index is 0.726. The van der Waals surface area contributed by atoms with Crippen LogP contribution < -0.4 is 5.32 Å². The molecule has 0 saturated carbocycles. The molecular formula is C11H22N4O. The number of rotatable bonds is 9. The van der Waals surface area contributed by atoms with Gasteiger partial charge in [0, 0.05) is 20.2 Å². The van der Waals surface area contributed by atoms with Crippen molar-refractivity contribution in [2.24, 2.45) is 0 Å². The average Bonchev–Trinajstić information content (AvgIpc) is 2.73. The Labute approximate surface area is 97.2 Å². The van der Waals surface area contributed by atoms with Crippen LogP contribution in [-0.2, 0) is 17.8 Å². The summed E-state index contributed by atoms with van der Waals surface area (Å²) < 4.78 is 6.95. The van der Waals surface area contributed by atoms with Crippen LogP contribution >= 0.6 is 0 Å². The van der Waals surface area contributed by atoms with Crippen LogP contribution in [0.2, 0.25) is 0 Å². The smallest absolute Gasteiger partial charge is 0.140 e. The molecule has 0 fully saturated rings. The summed E-state index contributed by atoms with van der Waals surface area (Å²) in [4.78, 5) is 4.24. The predicted molar refractivity (Wildman–Crippen MR) is 63.1 cm³/mol. The van der Waals surface area contributed by atoms with E-state index in [1.54, 1.807) is 13.4 Å². The Morgan fingerprint density at radius 3 is 3.06 bits per heavy atom. The maximum absolute atomic E-state index is 4.97. The van der Waals surface area contributed by atoms with Gasteiger partial charge >= 0.3 is 0 Å². The summed E-state index contributed by atoms with van der Waals surface area (Å²) in [6, 6.07) is 0. The molecule has 0 aliphatic carbocycles. The van der Waals surface area contributed by atoms with Gasteiger partial charge < -0.3 is 10.1 Å². The van der Waals surface area contributed by atoms with Crippen LogP contribution in [0.5, 0.6) is 0 Å². The Balaban J connectivity index is 2.26. The highest BCUT2D eigenvalue weighted by Crippen LogP contribution is 2.00. The minimum Gasteiger partial charge on any atom is -0.383 e. The zero-order valence-corrected chi connectivity index (χ0v) is 10.3. The van der Waals surface area contributed by atoms with Gasteiger partial charge in [-0.15, -0.1) is 0 Å². The first-order chi connectivity index (χ1) is 7.88. The van der Waals surface area contributed by atoms with E-state index in [4.69, 9.17) is 4.74 Å². The van der Waals surface area contributed by atoms with E-state index in [1.807, 2.05) is 4.68 Å². The van der Waals surface area contributed by atoms with Crippen molar-refractivity contribution < 1.29 is 4.74 Å². The quantitative estimate of drug-likeness (QED) is 0.643. The molecule has 0 amide bonds. The Hall–Kier alpha value is -0.940. The normalized spacial score (nSPS) is 10.9. The molecule has 1 aromatic heterocycles. The second kappa shape index (κ2) is 8.24. The number of nitrogens with one attached hydrogen (secondary N) is 1. The van der Waals surface area contributed by atoms with Crippen LogP contribution in [0.1, 0.15) is 32.0 Å². The number of unbranched alkanes of at least 4 members (excludes halogenated alkanes) is 2. The van der Waals surface area contributed by atoms with Crippen molar-refractivity contribution in [3.05, 3.63) is 12.2 Å². The number of aromatic nitrogens is 3. The summed E-state index contributed by atoms with van der Waals surface area (Å²) >= 11 is 0. The Bertz CT molecular complexity index is 275. The summed E-state index contributed by atoms with van der Waals surface area (Å²) in [5, 5.41) is 7.49. The molecule has 0 spiro atoms. The number of methoxy groups -OCH3 is 1. The van der Waals surface area contributed by atoms with Crippen LogP contribution in [0.15, 0.2) is 6.33 Å². The van der Waals surface area contributed by atoms with Crippen molar-refractivity contribution in [1.29, 1.82) is 0 Å². The van der Waals surface area contributed by atoms with Gasteiger partial charge in [0.05, 0.1) is 13.2 Å². The van der Waals surface area contributed by atoms with Gasteiger partial charge in [-0.05, 0) is 6.42 Å². The van der Waals surface area contributed by atoms with Gasteiger partial charge in [0.1, 0.15) is 12.2 Å². The molecule has 5 nitrogen and oxygen atoms in total. The molecule has 1 N–H and O–H groups in total. The van der Waals surface area contributed by atoms with E-state index in [2.05, 4.69) is 22.3 Å². The highest BCUT2D eigenvalue weighted by atomic mass is 16.5. The number of aryl methyl sites for hydroxylation is 1. The topological polar surface area (TPSA) is 52.0 Å². The maximum atomic E-state index is 4.97. The second-order valence-electron chi connectivity index (χ2n) is 3.78. The van der Waals surface area contributed by atoms with Gasteiger partial charge in [-0.2, -0.15) is 5.10 Å². The molecule has 1 heterocycles. The summed E-state index contributed by atoms with van der Waals surface area (Å²) in [6.07, 6.45) is 5.27. The van der Waals surface area contributed by atoms with E-state index >= 15 is 0 Å². The van der Waals surface area contributed by atoms with Gasteiger partial charge in [0.25, 0.3) is 0 Å². The molecule has 1 aromatic rings. The molecule has 0 unspecified atom stereocenters. The number of nitrogens with zero attached hydrogens (tertiary/aromatic N) is 3. The molecule has 0 radical (unpaired) electrons. The zero-order chi connectivity index (χ0) is 11.6. The molecule has 0 aromatic carbocycles. The number of hydrogen-bond donors (Lipinski definition) is 1. The van der Waals surface area contributed by atoms with Crippen molar-refractivity contribution in [2.75, 3.05) is 20.3 Å². The third kappa shape index (κ3) is 4.72. The molecular weight excluding hydrogens is 204 g/mol. The summed E-state index contributed by atoms with van der Waals surface area (Å²) in [5.41, 5.74) is 0. The van der Waals surface area contributed by atoms with Gasteiger partial charge in [-0.25, -0.2) is 9.67 Å². The van der Waals surface area contributed by atoms with E-state index in [-0.39, 0.29) is 0 Å². The third-order valence-electron chi connectivity index (χ3n) is 2.44. The fraction of sp³-hybridized carbons (Fsp3) is 0.818. The summed E-state index contributed by atoms with van der Waals surface area (Å²) in [6.45, 7) is 5.50. The number of ether oxygens (including phenoxy) is 1. The fourth-order valence-electron chi connectivity index (χ4n) is 1.50. The molecule has 5 heteroatoms. The van der Waals surface area contributed by atoms with Gasteiger partial charge in [0.15, 0.2) is 0 Å². The first-order valence-electron chi connectivity index (χ1n) is 5.94. The van der Waals surface area contributed by atoms with E-state index in [0.717, 1.165) is 32.1 Å². The highest BCUT2D eigenvalue weighted by Gasteiger charge is 2.02. The SMILES string of the molecule is CCCCCn1ncnc1CNCCOC. The molecule has 0 atom stereocenters. The van der Waals surface area contributed by atoms with E-state index in [1.165, 1.54) is 19.3 Å². The third-order valence-corrected chi connectivity index (χ3v) is 2.44. The van der Waals surface area contributed by atoms with Gasteiger partial charge in [-0.3, -0.25) is 0 Å². The number of hydrogen-bond acceptors (Lipinski definition) is 4. The Morgan fingerprint density at radius 2 is 2.31 bits per heavy atom. The van der Waals surface area contributed by atoms with Crippen molar-refractivity contribution in [2.45, 2.75) is 39.3 Å². The minimum atomic E-state index is 0.726. The average molecular weight is 226 g/mol. The molecule has 1 rings (SSSR count). The van der Waals surface area contributed by atoms with Gasteiger partial charge in [-0.1, -0.05) is 19.8 Å². The van der Waals surface area contributed by atoms with Crippen LogP contribution in [0.4, 0.5) is 0 Å². The maximum Gasteiger partial charge on any atom is 0.140 e. The van der Waals surface area contributed by atoms with Crippen molar-refractivity contribution in [3.63, 3.8) is 0 Å². The van der Waals surface area contributed by atoms with E-state index in [0.29, 0.717) is 0 Å². The summed E-state index contributed by atoms with van der Waals surface area (Å²) in [5.74, 6) is 1.01. The summed E-state index contributed by atoms with van der Waals surface area (Å²) in [7, 11) is 1.70. The zero-order valence-electron chi connectivity index (χ0n) is 10.3. The largest absolute Gasteiger partial charge is 0.383 e. The lowest BCUT2D eigenvalue weighted by atomic mass is 10.2. The van der Waals surface area contributed by atoms with Crippen LogP contribution in [0, 0.1) is 0 Å². The first-order valence-corrected chi connectivity index (χ1v) is 5.94. The molecule has 0 aliphatic heterocycles. The van der Waals surface area contributed by atoms with Gasteiger partial charge in [0.2, 0.25) is 0 Å². The first kappa shape index (κ1) is 13.1. The molecule has 0 saturated heterocycles. The van der Waals surface area contributed by atoms with E-state index < -0.39 is 0 Å². The Kier molecular flexibility index (Phi) is 6.76. The molecule has 16 heavy (non-hydrogen) atoms. The lowest BCUT2D eigenvalue weighted by molar-refractivity contribution is 0.198. The van der Waals surface area contributed by atoms with Crippen molar-refractivity contribution in [3.8, 4) is 0 Å². The monoisotopic (exact) mass is 226 g/mol. The van der Waals surface area contributed by atoms with Crippen molar-refractivity contribution >= 4 is 0 Å².